The number of amides is 1. The Morgan fingerprint density at radius 1 is 1.33 bits per heavy atom. The maximum atomic E-state index is 13.8. The van der Waals surface area contributed by atoms with Crippen molar-refractivity contribution in [1.82, 2.24) is 5.32 Å². The standard InChI is InChI=1S/C14H16BrF4NO/c1-8(2)6-9(15)7-20-13(21)10-4-3-5-11(12(10)16)14(17,18)19/h3-5,8-9H,6-7H2,1-2H3,(H,20,21). The molecule has 0 bridgehead atoms. The van der Waals surface area contributed by atoms with E-state index in [0.29, 0.717) is 12.0 Å². The fourth-order valence-corrected chi connectivity index (χ4v) is 2.73. The zero-order valence-electron chi connectivity index (χ0n) is 11.6. The van der Waals surface area contributed by atoms with Gasteiger partial charge < -0.3 is 5.32 Å². The Labute approximate surface area is 129 Å². The normalized spacial score (nSPS) is 13.3. The predicted molar refractivity (Wildman–Crippen MR) is 75.9 cm³/mol. The molecule has 118 valence electrons. The lowest BCUT2D eigenvalue weighted by Crippen LogP contribution is -2.31. The van der Waals surface area contributed by atoms with Crippen LogP contribution in [0.5, 0.6) is 0 Å². The quantitative estimate of drug-likeness (QED) is 0.605. The summed E-state index contributed by atoms with van der Waals surface area (Å²) in [6.07, 6.45) is -4.04. The molecule has 21 heavy (non-hydrogen) atoms. The molecule has 1 aromatic rings. The molecule has 1 atom stereocenters. The number of alkyl halides is 4. The number of nitrogens with one attached hydrogen (secondary N) is 1. The van der Waals surface area contributed by atoms with Gasteiger partial charge in [-0.05, 0) is 24.5 Å². The molecule has 0 radical (unpaired) electrons. The molecule has 1 amide bonds. The first-order valence-electron chi connectivity index (χ1n) is 6.41. The van der Waals surface area contributed by atoms with E-state index in [2.05, 4.69) is 21.2 Å². The molecule has 0 aliphatic heterocycles. The van der Waals surface area contributed by atoms with Gasteiger partial charge in [0.1, 0.15) is 5.82 Å². The molecular formula is C14H16BrF4NO. The summed E-state index contributed by atoms with van der Waals surface area (Å²) in [6, 6.07) is 2.66. The van der Waals surface area contributed by atoms with Gasteiger partial charge in [-0.1, -0.05) is 35.8 Å². The molecule has 2 nitrogen and oxygen atoms in total. The maximum absolute atomic E-state index is 13.8. The van der Waals surface area contributed by atoms with Crippen LogP contribution in [0.25, 0.3) is 0 Å². The highest BCUT2D eigenvalue weighted by molar-refractivity contribution is 9.09. The third kappa shape index (κ3) is 5.30. The van der Waals surface area contributed by atoms with Crippen molar-refractivity contribution in [2.75, 3.05) is 6.54 Å². The topological polar surface area (TPSA) is 29.1 Å². The van der Waals surface area contributed by atoms with Crippen LogP contribution < -0.4 is 5.32 Å². The summed E-state index contributed by atoms with van der Waals surface area (Å²) in [6.45, 7) is 4.22. The summed E-state index contributed by atoms with van der Waals surface area (Å²) in [5, 5.41) is 2.43. The fraction of sp³-hybridized carbons (Fsp3) is 0.500. The smallest absolute Gasteiger partial charge is 0.351 e. The summed E-state index contributed by atoms with van der Waals surface area (Å²) < 4.78 is 51.5. The SMILES string of the molecule is CC(C)CC(Br)CNC(=O)c1cccc(C(F)(F)F)c1F. The Morgan fingerprint density at radius 3 is 2.48 bits per heavy atom. The summed E-state index contributed by atoms with van der Waals surface area (Å²) in [5.41, 5.74) is -2.04. The van der Waals surface area contributed by atoms with E-state index in [1.54, 1.807) is 0 Å². The molecule has 0 aliphatic rings. The van der Waals surface area contributed by atoms with Gasteiger partial charge in [-0.15, -0.1) is 0 Å². The van der Waals surface area contributed by atoms with Crippen molar-refractivity contribution in [2.24, 2.45) is 5.92 Å². The lowest BCUT2D eigenvalue weighted by molar-refractivity contribution is -0.140. The van der Waals surface area contributed by atoms with Crippen molar-refractivity contribution in [1.29, 1.82) is 0 Å². The molecule has 0 saturated heterocycles. The predicted octanol–water partition coefficient (Wildman–Crippen LogP) is 4.38. The highest BCUT2D eigenvalue weighted by Gasteiger charge is 2.35. The molecule has 0 fully saturated rings. The van der Waals surface area contributed by atoms with E-state index in [9.17, 15) is 22.4 Å². The third-order valence-electron chi connectivity index (χ3n) is 2.76. The minimum Gasteiger partial charge on any atom is -0.351 e. The minimum absolute atomic E-state index is 0.0182. The van der Waals surface area contributed by atoms with Gasteiger partial charge >= 0.3 is 6.18 Å². The Balaban J connectivity index is 2.80. The number of benzene rings is 1. The second-order valence-corrected chi connectivity index (χ2v) is 6.40. The van der Waals surface area contributed by atoms with Crippen LogP contribution in [-0.2, 0) is 6.18 Å². The first-order chi connectivity index (χ1) is 9.62. The maximum Gasteiger partial charge on any atom is 0.419 e. The molecule has 0 spiro atoms. The number of carbonyl (C=O) groups is 1. The summed E-state index contributed by atoms with van der Waals surface area (Å²) in [4.78, 5) is 11.8. The molecule has 1 unspecified atom stereocenters. The number of carbonyl (C=O) groups excluding carboxylic acids is 1. The van der Waals surface area contributed by atoms with Crippen molar-refractivity contribution in [3.8, 4) is 0 Å². The van der Waals surface area contributed by atoms with Crippen LogP contribution in [0.4, 0.5) is 17.6 Å². The molecule has 0 aliphatic carbocycles. The lowest BCUT2D eigenvalue weighted by Gasteiger charge is -2.14. The zero-order chi connectivity index (χ0) is 16.2. The first kappa shape index (κ1) is 17.9. The molecule has 1 aromatic carbocycles. The van der Waals surface area contributed by atoms with Gasteiger partial charge in [-0.3, -0.25) is 4.79 Å². The van der Waals surface area contributed by atoms with Gasteiger partial charge in [-0.25, -0.2) is 4.39 Å². The van der Waals surface area contributed by atoms with Gasteiger partial charge in [-0.2, -0.15) is 13.2 Å². The second kappa shape index (κ2) is 7.24. The Morgan fingerprint density at radius 2 is 1.95 bits per heavy atom. The van der Waals surface area contributed by atoms with Gasteiger partial charge in [0.05, 0.1) is 11.1 Å². The largest absolute Gasteiger partial charge is 0.419 e. The lowest BCUT2D eigenvalue weighted by atomic mass is 10.1. The van der Waals surface area contributed by atoms with Crippen molar-refractivity contribution < 1.29 is 22.4 Å². The highest BCUT2D eigenvalue weighted by atomic mass is 79.9. The summed E-state index contributed by atoms with van der Waals surface area (Å²) in [7, 11) is 0. The van der Waals surface area contributed by atoms with E-state index in [4.69, 9.17) is 0 Å². The molecule has 0 heterocycles. The van der Waals surface area contributed by atoms with Crippen molar-refractivity contribution >= 4 is 21.8 Å². The summed E-state index contributed by atoms with van der Waals surface area (Å²) in [5.74, 6) is -2.00. The number of hydrogen-bond acceptors (Lipinski definition) is 1. The molecule has 0 aromatic heterocycles. The Kier molecular flexibility index (Phi) is 6.19. The van der Waals surface area contributed by atoms with Crippen LogP contribution >= 0.6 is 15.9 Å². The number of halogens is 5. The van der Waals surface area contributed by atoms with E-state index in [-0.39, 0.29) is 11.4 Å². The molecule has 0 saturated carbocycles. The molecule has 7 heteroatoms. The Bertz CT molecular complexity index is 502. The number of hydrogen-bond donors (Lipinski definition) is 1. The molecule has 1 rings (SSSR count). The second-order valence-electron chi connectivity index (χ2n) is 5.10. The van der Waals surface area contributed by atoms with Crippen LogP contribution in [0.3, 0.4) is 0 Å². The highest BCUT2D eigenvalue weighted by Crippen LogP contribution is 2.32. The van der Waals surface area contributed by atoms with Gasteiger partial charge in [0.25, 0.3) is 5.91 Å². The monoisotopic (exact) mass is 369 g/mol. The van der Waals surface area contributed by atoms with Gasteiger partial charge in [0, 0.05) is 11.4 Å². The van der Waals surface area contributed by atoms with Gasteiger partial charge in [0.2, 0.25) is 0 Å². The average Bonchev–Trinajstić information content (AvgIpc) is 2.34. The van der Waals surface area contributed by atoms with Crippen LogP contribution in [0.15, 0.2) is 18.2 Å². The van der Waals surface area contributed by atoms with Crippen molar-refractivity contribution in [3.63, 3.8) is 0 Å². The van der Waals surface area contributed by atoms with E-state index >= 15 is 0 Å². The summed E-state index contributed by atoms with van der Waals surface area (Å²) >= 11 is 3.36. The van der Waals surface area contributed by atoms with E-state index < -0.39 is 29.0 Å². The van der Waals surface area contributed by atoms with Crippen LogP contribution in [-0.4, -0.2) is 17.3 Å². The Hall–Kier alpha value is -1.11. The van der Waals surface area contributed by atoms with E-state index in [0.717, 1.165) is 18.6 Å². The van der Waals surface area contributed by atoms with Crippen LogP contribution in [0.2, 0.25) is 0 Å². The van der Waals surface area contributed by atoms with E-state index in [1.165, 1.54) is 0 Å². The van der Waals surface area contributed by atoms with Crippen LogP contribution in [0, 0.1) is 11.7 Å². The molecular weight excluding hydrogens is 354 g/mol. The minimum atomic E-state index is -4.82. The van der Waals surface area contributed by atoms with Gasteiger partial charge in [0.15, 0.2) is 0 Å². The van der Waals surface area contributed by atoms with Crippen molar-refractivity contribution in [2.45, 2.75) is 31.3 Å². The van der Waals surface area contributed by atoms with Crippen molar-refractivity contribution in [3.05, 3.63) is 35.1 Å². The van der Waals surface area contributed by atoms with Crippen LogP contribution in [0.1, 0.15) is 36.2 Å². The average molecular weight is 370 g/mol. The fourth-order valence-electron chi connectivity index (χ4n) is 1.82. The third-order valence-corrected chi connectivity index (χ3v) is 3.46. The van der Waals surface area contributed by atoms with E-state index in [1.807, 2.05) is 13.8 Å². The zero-order valence-corrected chi connectivity index (χ0v) is 13.2. The molecule has 1 N–H and O–H groups in total. The first-order valence-corrected chi connectivity index (χ1v) is 7.32. The number of rotatable bonds is 5.